The fourth-order valence-electron chi connectivity index (χ4n) is 19.7. The summed E-state index contributed by atoms with van der Waals surface area (Å²) in [6, 6.07) is 170. The van der Waals surface area contributed by atoms with Crippen molar-refractivity contribution in [2.45, 2.75) is 0 Å². The van der Waals surface area contributed by atoms with Gasteiger partial charge in [0.25, 0.3) is 0 Å². The van der Waals surface area contributed by atoms with Gasteiger partial charge in [-0.05, 0) is 278 Å². The first-order chi connectivity index (χ1) is 59.6. The van der Waals surface area contributed by atoms with Gasteiger partial charge in [-0.1, -0.05) is 425 Å². The van der Waals surface area contributed by atoms with Crippen molar-refractivity contribution in [2.75, 3.05) is 0 Å². The van der Waals surface area contributed by atoms with Crippen molar-refractivity contribution >= 4 is 97.0 Å². The van der Waals surface area contributed by atoms with Crippen LogP contribution in [-0.2, 0) is 0 Å². The molecule has 556 valence electrons. The first-order valence-corrected chi connectivity index (χ1v) is 41.7. The molecule has 0 aromatic heterocycles. The number of hydrogen-bond donors (Lipinski definition) is 0. The average molecular weight is 1520 g/mol. The van der Waals surface area contributed by atoms with E-state index >= 15 is 0 Å². The van der Waals surface area contributed by atoms with Crippen molar-refractivity contribution in [1.82, 2.24) is 0 Å². The molecule has 0 aliphatic carbocycles. The summed E-state index contributed by atoms with van der Waals surface area (Å²) in [6.45, 7) is 0. The summed E-state index contributed by atoms with van der Waals surface area (Å²) in [5.41, 5.74) is 32.0. The predicted molar refractivity (Wildman–Crippen MR) is 515 cm³/mol. The molecular weight excluding hydrogens is 1440 g/mol. The molecule has 0 bridgehead atoms. The van der Waals surface area contributed by atoms with Crippen LogP contribution < -0.4 is 0 Å². The first kappa shape index (κ1) is 69.9. The van der Waals surface area contributed by atoms with Crippen molar-refractivity contribution in [2.24, 2.45) is 0 Å². The minimum atomic E-state index is 1.18. The highest BCUT2D eigenvalue weighted by atomic mass is 14.3. The van der Waals surface area contributed by atoms with Gasteiger partial charge in [0.05, 0.1) is 0 Å². The second kappa shape index (κ2) is 29.3. The van der Waals surface area contributed by atoms with Gasteiger partial charge in [-0.2, -0.15) is 0 Å². The first-order valence-electron chi connectivity index (χ1n) is 41.7. The van der Waals surface area contributed by atoms with E-state index in [1.165, 1.54) is 242 Å². The maximum absolute atomic E-state index is 2.43. The molecule has 120 heavy (non-hydrogen) atoms. The highest BCUT2D eigenvalue weighted by Gasteiger charge is 2.26. The predicted octanol–water partition coefficient (Wildman–Crippen LogP) is 33.7. The maximum atomic E-state index is 2.43. The van der Waals surface area contributed by atoms with E-state index in [9.17, 15) is 0 Å². The third kappa shape index (κ3) is 11.8. The number of benzene rings is 24. The summed E-state index contributed by atoms with van der Waals surface area (Å²) in [5, 5.41) is 23.2. The second-order valence-corrected chi connectivity index (χ2v) is 31.9. The minimum absolute atomic E-state index is 1.18. The van der Waals surface area contributed by atoms with E-state index in [0.717, 1.165) is 0 Å². The molecule has 0 radical (unpaired) electrons. The van der Waals surface area contributed by atoms with Crippen LogP contribution >= 0.6 is 0 Å². The summed E-state index contributed by atoms with van der Waals surface area (Å²) in [5.74, 6) is 0. The Balaban J connectivity index is 0.000000175. The molecule has 0 nitrogen and oxygen atoms in total. The Labute approximate surface area is 697 Å². The van der Waals surface area contributed by atoms with Crippen LogP contribution in [0.1, 0.15) is 0 Å². The van der Waals surface area contributed by atoms with Gasteiger partial charge in [0, 0.05) is 0 Å². The molecule has 0 heteroatoms. The highest BCUT2D eigenvalue weighted by Crippen LogP contribution is 2.54. The lowest BCUT2D eigenvalue weighted by molar-refractivity contribution is 1.59. The van der Waals surface area contributed by atoms with Gasteiger partial charge >= 0.3 is 0 Å². The van der Waals surface area contributed by atoms with E-state index in [2.05, 4.69) is 461 Å². The van der Waals surface area contributed by atoms with Crippen molar-refractivity contribution < 1.29 is 0 Å². The van der Waals surface area contributed by atoms with Crippen LogP contribution in [0.5, 0.6) is 0 Å². The zero-order valence-corrected chi connectivity index (χ0v) is 65.9. The van der Waals surface area contributed by atoms with Gasteiger partial charge in [-0.25, -0.2) is 0 Å². The normalized spacial score (nSPS) is 11.7. The molecule has 0 saturated carbocycles. The third-order valence-electron chi connectivity index (χ3n) is 25.3. The van der Waals surface area contributed by atoms with E-state index in [1.807, 2.05) is 0 Å². The lowest BCUT2D eigenvalue weighted by Crippen LogP contribution is -1.94. The summed E-state index contributed by atoms with van der Waals surface area (Å²) in [4.78, 5) is 0. The molecule has 0 amide bonds. The molecule has 0 heterocycles. The monoisotopic (exact) mass is 1520 g/mol. The largest absolute Gasteiger partial charge is 0.0622 e. The molecule has 0 spiro atoms. The molecule has 24 rings (SSSR count). The second-order valence-electron chi connectivity index (χ2n) is 31.9. The average Bonchev–Trinajstić information content (AvgIpc) is 0.717. The van der Waals surface area contributed by atoms with Crippen LogP contribution in [0.2, 0.25) is 0 Å². The summed E-state index contributed by atoms with van der Waals surface area (Å²) >= 11 is 0. The summed E-state index contributed by atoms with van der Waals surface area (Å²) in [6.07, 6.45) is 0. The minimum Gasteiger partial charge on any atom is -0.0622 e. The molecule has 0 unspecified atom stereocenters. The Morgan fingerprint density at radius 3 is 0.275 bits per heavy atom. The zero-order valence-electron chi connectivity index (χ0n) is 65.9. The molecule has 0 saturated heterocycles. The molecule has 0 fully saturated rings. The molecule has 0 aliphatic rings. The van der Waals surface area contributed by atoms with Gasteiger partial charge in [0.1, 0.15) is 0 Å². The lowest BCUT2D eigenvalue weighted by Gasteiger charge is -2.22. The Bertz CT molecular complexity index is 7190. The van der Waals surface area contributed by atoms with Crippen molar-refractivity contribution in [3.05, 3.63) is 461 Å². The Morgan fingerprint density at radius 2 is 0.167 bits per heavy atom. The van der Waals surface area contributed by atoms with Crippen LogP contribution in [-0.4, -0.2) is 0 Å². The van der Waals surface area contributed by atoms with Crippen molar-refractivity contribution in [1.29, 1.82) is 0 Å². The highest BCUT2D eigenvalue weighted by molar-refractivity contribution is 6.35. The Morgan fingerprint density at radius 1 is 0.0750 bits per heavy atom. The zero-order chi connectivity index (χ0) is 79.1. The Kier molecular flexibility index (Phi) is 17.1. The van der Waals surface area contributed by atoms with Crippen molar-refractivity contribution in [3.63, 3.8) is 0 Å². The smallest absolute Gasteiger partial charge is 0.00139 e. The molecule has 0 N–H and O–H groups in total. The number of hydrogen-bond acceptors (Lipinski definition) is 0. The molecule has 24 aromatic carbocycles. The molecular formula is C120H76. The van der Waals surface area contributed by atoms with Crippen LogP contribution in [0.15, 0.2) is 461 Å². The maximum Gasteiger partial charge on any atom is -0.00139 e. The van der Waals surface area contributed by atoms with E-state index < -0.39 is 0 Å². The van der Waals surface area contributed by atoms with Crippen molar-refractivity contribution in [3.8, 4) is 145 Å². The standard InChI is InChI=1S/C80H50.C40H26/c1-7-19-53(20-8-1)69-47-71(55-23-11-3-12-24-55)63-43-45-67-75(49-73(57-27-15-5-16-28-57)65-41-39-61(69)77(63)79(65)67)59-35-31-51(32-36-59)52-33-37-60(38-34-52)76-50-74(58-29-17-6-18-30-58)66-42-40-62-70(54-21-9-2-10-22-54)48-72(56-25-13-4-14-26-56)64-44-46-68(76)80(66)78(62)64;1-5-13-27(14-6-1)35-25-36(28-15-7-2-8-16-28)32-23-24-34-38(30-19-11-4-12-20-30)26-37(29-17-9-3-10-18-29)33-22-21-31(35)39(32)40(33)34/h1-50H;1-26H. The summed E-state index contributed by atoms with van der Waals surface area (Å²) in [7, 11) is 0. The fourth-order valence-corrected chi connectivity index (χ4v) is 19.7. The summed E-state index contributed by atoms with van der Waals surface area (Å²) < 4.78 is 0. The topological polar surface area (TPSA) is 0 Å². The van der Waals surface area contributed by atoms with Gasteiger partial charge in [-0.3, -0.25) is 0 Å². The lowest BCUT2D eigenvalue weighted by atomic mass is 9.81. The quantitative estimate of drug-likeness (QED) is 0.101. The number of rotatable bonds is 13. The van der Waals surface area contributed by atoms with Crippen LogP contribution in [0, 0.1) is 0 Å². The van der Waals surface area contributed by atoms with E-state index in [0.29, 0.717) is 0 Å². The fraction of sp³-hybridized carbons (Fsp3) is 0. The molecule has 24 aromatic rings. The van der Waals surface area contributed by atoms with Crippen LogP contribution in [0.25, 0.3) is 242 Å². The van der Waals surface area contributed by atoms with Gasteiger partial charge < -0.3 is 0 Å². The van der Waals surface area contributed by atoms with E-state index in [1.54, 1.807) is 0 Å². The molecule has 0 atom stereocenters. The Hall–Kier alpha value is -15.6. The van der Waals surface area contributed by atoms with Crippen LogP contribution in [0.4, 0.5) is 0 Å². The molecule has 0 aliphatic heterocycles. The van der Waals surface area contributed by atoms with Gasteiger partial charge in [-0.15, -0.1) is 0 Å². The van der Waals surface area contributed by atoms with Crippen LogP contribution in [0.3, 0.4) is 0 Å². The van der Waals surface area contributed by atoms with Gasteiger partial charge in [0.15, 0.2) is 0 Å². The third-order valence-corrected chi connectivity index (χ3v) is 25.3. The van der Waals surface area contributed by atoms with E-state index in [-0.39, 0.29) is 0 Å². The van der Waals surface area contributed by atoms with Gasteiger partial charge in [0.2, 0.25) is 0 Å². The van der Waals surface area contributed by atoms with E-state index in [4.69, 9.17) is 0 Å². The SMILES string of the molecule is c1ccc(-c2cc(-c3ccccc3)c3ccc4c(-c5ccc(-c6ccc(-c7cc(-c8ccccc8)c8ccc9c(-c%10ccccc%10)cc(-c%10ccccc%10)c%10ccc7c8c9%10)cc6)cc5)cc(-c5ccccc5)c5ccc2c3c54)cc1.c1ccc(-c2cc(-c3ccccc3)c3ccc4c(-c5ccccc5)cc(-c5ccccc5)c5ccc2c3c54)cc1.